The van der Waals surface area contributed by atoms with Gasteiger partial charge in [0.05, 0.1) is 41.1 Å². The third kappa shape index (κ3) is 4.70. The summed E-state index contributed by atoms with van der Waals surface area (Å²) in [5.74, 6) is -0.372. The van der Waals surface area contributed by atoms with Gasteiger partial charge >= 0.3 is 5.69 Å². The molecular weight excluding hydrogens is 493 g/mol. The van der Waals surface area contributed by atoms with Crippen LogP contribution in [-0.2, 0) is 16.0 Å². The van der Waals surface area contributed by atoms with Crippen LogP contribution in [0.4, 0.5) is 4.39 Å². The number of fused-ring (bicyclic) bond motifs is 1. The minimum Gasteiger partial charge on any atom is -0.388 e. The van der Waals surface area contributed by atoms with Crippen molar-refractivity contribution in [2.24, 2.45) is 0 Å². The SMILES string of the molecule is C[C@@]1(O)CC2(CCN(C(=O)CCc3nc4ccc(Cl)cc4[nH]3)CC2)OC[C@H]1n1cc(F)c(=O)[nH]c1=O. The number of likely N-dealkylation sites (tertiary alicyclic amines) is 1. The monoisotopic (exact) mass is 519 g/mol. The highest BCUT2D eigenvalue weighted by molar-refractivity contribution is 6.31. The highest BCUT2D eigenvalue weighted by Gasteiger charge is 2.50. The lowest BCUT2D eigenvalue weighted by Crippen LogP contribution is -2.59. The van der Waals surface area contributed by atoms with Gasteiger partial charge in [0.2, 0.25) is 11.7 Å². The van der Waals surface area contributed by atoms with Gasteiger partial charge < -0.3 is 19.7 Å². The van der Waals surface area contributed by atoms with Crippen molar-refractivity contribution in [1.29, 1.82) is 0 Å². The fourth-order valence-corrected chi connectivity index (χ4v) is 5.52. The Bertz CT molecular complexity index is 1420. The van der Waals surface area contributed by atoms with Gasteiger partial charge in [-0.25, -0.2) is 9.78 Å². The van der Waals surface area contributed by atoms with Crippen molar-refractivity contribution < 1.29 is 19.0 Å². The molecule has 0 unspecified atom stereocenters. The Hall–Kier alpha value is -3.02. The summed E-state index contributed by atoms with van der Waals surface area (Å²) in [5, 5.41) is 11.8. The molecule has 3 N–H and O–H groups in total. The zero-order valence-corrected chi connectivity index (χ0v) is 20.5. The number of aromatic amines is 2. The van der Waals surface area contributed by atoms with Crippen molar-refractivity contribution in [2.75, 3.05) is 19.7 Å². The zero-order valence-electron chi connectivity index (χ0n) is 19.7. The number of H-pyrrole nitrogens is 2. The van der Waals surface area contributed by atoms with E-state index in [0.717, 1.165) is 27.6 Å². The predicted molar refractivity (Wildman–Crippen MR) is 129 cm³/mol. The van der Waals surface area contributed by atoms with E-state index in [4.69, 9.17) is 16.3 Å². The molecule has 2 atom stereocenters. The molecule has 0 radical (unpaired) electrons. The smallest absolute Gasteiger partial charge is 0.328 e. The van der Waals surface area contributed by atoms with E-state index in [2.05, 4.69) is 9.97 Å². The van der Waals surface area contributed by atoms with E-state index in [-0.39, 0.29) is 18.9 Å². The fraction of sp³-hybridized carbons (Fsp3) is 0.500. The van der Waals surface area contributed by atoms with Crippen LogP contribution in [0.1, 0.15) is 44.5 Å². The van der Waals surface area contributed by atoms with Crippen molar-refractivity contribution >= 4 is 28.5 Å². The highest BCUT2D eigenvalue weighted by Crippen LogP contribution is 2.43. The fourth-order valence-electron chi connectivity index (χ4n) is 5.35. The standard InChI is InChI=1S/C24H27ClFN5O5/c1-23(35)13-24(36-12-18(23)31-11-15(26)21(33)29-22(31)34)6-8-30(9-7-24)20(32)5-4-19-27-16-3-2-14(25)10-17(16)28-19/h2-3,10-11,18,35H,4-9,12-13H2,1H3,(H,27,28)(H,29,33,34)/t18-,23-/m1/s1. The first-order chi connectivity index (χ1) is 17.1. The van der Waals surface area contributed by atoms with E-state index < -0.39 is 34.3 Å². The molecule has 0 bridgehead atoms. The van der Waals surface area contributed by atoms with Gasteiger partial charge in [-0.05, 0) is 38.0 Å². The number of piperidine rings is 1. The van der Waals surface area contributed by atoms with Crippen LogP contribution >= 0.6 is 11.6 Å². The number of rotatable bonds is 4. The topological polar surface area (TPSA) is 133 Å². The van der Waals surface area contributed by atoms with Crippen LogP contribution in [-0.4, -0.2) is 66.3 Å². The number of imidazole rings is 1. The molecular formula is C24H27ClFN5O5. The molecule has 2 saturated heterocycles. The van der Waals surface area contributed by atoms with E-state index in [1.807, 2.05) is 11.1 Å². The third-order valence-electron chi connectivity index (χ3n) is 7.30. The van der Waals surface area contributed by atoms with Crippen molar-refractivity contribution in [3.63, 3.8) is 0 Å². The summed E-state index contributed by atoms with van der Waals surface area (Å²) in [4.78, 5) is 47.8. The quantitative estimate of drug-likeness (QED) is 0.482. The number of nitrogens with one attached hydrogen (secondary N) is 2. The number of hydrogen-bond donors (Lipinski definition) is 3. The molecule has 12 heteroatoms. The van der Waals surface area contributed by atoms with Crippen LogP contribution in [0.2, 0.25) is 5.02 Å². The predicted octanol–water partition coefficient (Wildman–Crippen LogP) is 1.91. The highest BCUT2D eigenvalue weighted by atomic mass is 35.5. The van der Waals surface area contributed by atoms with Crippen LogP contribution < -0.4 is 11.2 Å². The Kier molecular flexibility index (Phi) is 6.26. The molecule has 2 fully saturated rings. The van der Waals surface area contributed by atoms with Gasteiger partial charge in [-0.15, -0.1) is 0 Å². The summed E-state index contributed by atoms with van der Waals surface area (Å²) >= 11 is 6.02. The second-order valence-corrected chi connectivity index (χ2v) is 10.3. The molecule has 2 aliphatic rings. The van der Waals surface area contributed by atoms with E-state index in [1.54, 1.807) is 24.0 Å². The largest absolute Gasteiger partial charge is 0.388 e. The lowest BCUT2D eigenvalue weighted by atomic mass is 9.75. The van der Waals surface area contributed by atoms with Gasteiger partial charge in [0.25, 0.3) is 5.56 Å². The molecule has 4 heterocycles. The Morgan fingerprint density at radius 1 is 1.31 bits per heavy atom. The molecule has 0 saturated carbocycles. The number of aromatic nitrogens is 4. The number of aliphatic hydroxyl groups is 1. The van der Waals surface area contributed by atoms with Crippen LogP contribution in [0.15, 0.2) is 34.0 Å². The number of ether oxygens (including phenoxy) is 1. The second-order valence-electron chi connectivity index (χ2n) is 9.91. The molecule has 5 rings (SSSR count). The lowest BCUT2D eigenvalue weighted by molar-refractivity contribution is -0.198. The summed E-state index contributed by atoms with van der Waals surface area (Å²) in [6, 6.07) is 4.54. The lowest BCUT2D eigenvalue weighted by Gasteiger charge is -2.51. The number of carbonyl (C=O) groups is 1. The molecule has 36 heavy (non-hydrogen) atoms. The molecule has 3 aromatic rings. The molecule has 0 aliphatic carbocycles. The zero-order chi connectivity index (χ0) is 25.7. The van der Waals surface area contributed by atoms with Gasteiger partial charge in [-0.3, -0.25) is 19.1 Å². The molecule has 192 valence electrons. The number of amides is 1. The minimum absolute atomic E-state index is 0.0130. The first kappa shape index (κ1) is 24.7. The van der Waals surface area contributed by atoms with E-state index in [9.17, 15) is 23.9 Å². The van der Waals surface area contributed by atoms with Crippen LogP contribution in [0, 0.1) is 5.82 Å². The Morgan fingerprint density at radius 2 is 2.06 bits per heavy atom. The van der Waals surface area contributed by atoms with Crippen LogP contribution in [0.5, 0.6) is 0 Å². The first-order valence-corrected chi connectivity index (χ1v) is 12.2. The molecule has 1 aromatic carbocycles. The van der Waals surface area contributed by atoms with Gasteiger partial charge in [-0.2, -0.15) is 4.39 Å². The van der Waals surface area contributed by atoms with Gasteiger partial charge in [-0.1, -0.05) is 11.6 Å². The van der Waals surface area contributed by atoms with Crippen molar-refractivity contribution in [3.05, 3.63) is 61.9 Å². The van der Waals surface area contributed by atoms with Gasteiger partial charge in [0, 0.05) is 37.4 Å². The van der Waals surface area contributed by atoms with Gasteiger partial charge in [0.15, 0.2) is 0 Å². The molecule has 1 spiro atoms. The number of carbonyl (C=O) groups excluding carboxylic acids is 1. The number of hydrogen-bond acceptors (Lipinski definition) is 6. The van der Waals surface area contributed by atoms with E-state index in [0.29, 0.717) is 43.8 Å². The number of benzene rings is 1. The maximum Gasteiger partial charge on any atom is 0.328 e. The normalized spacial score (nSPS) is 23.9. The maximum atomic E-state index is 13.8. The number of halogens is 2. The van der Waals surface area contributed by atoms with E-state index >= 15 is 0 Å². The van der Waals surface area contributed by atoms with Gasteiger partial charge in [0.1, 0.15) is 5.82 Å². The summed E-state index contributed by atoms with van der Waals surface area (Å²) in [6.07, 6.45) is 2.85. The van der Waals surface area contributed by atoms with Crippen molar-refractivity contribution in [3.8, 4) is 0 Å². The summed E-state index contributed by atoms with van der Waals surface area (Å²) in [7, 11) is 0. The average molecular weight is 520 g/mol. The Balaban J connectivity index is 1.19. The van der Waals surface area contributed by atoms with Crippen LogP contribution in [0.3, 0.4) is 0 Å². The maximum absolute atomic E-state index is 13.8. The minimum atomic E-state index is -1.39. The molecule has 1 amide bonds. The van der Waals surface area contributed by atoms with Crippen molar-refractivity contribution in [1.82, 2.24) is 24.4 Å². The number of nitrogens with zero attached hydrogens (tertiary/aromatic N) is 3. The number of aryl methyl sites for hydroxylation is 1. The Labute approximate surface area is 210 Å². The first-order valence-electron chi connectivity index (χ1n) is 11.8. The Morgan fingerprint density at radius 3 is 2.78 bits per heavy atom. The van der Waals surface area contributed by atoms with Crippen LogP contribution in [0.25, 0.3) is 11.0 Å². The summed E-state index contributed by atoms with van der Waals surface area (Å²) < 4.78 is 20.9. The molecule has 2 aliphatic heterocycles. The second kappa shape index (κ2) is 9.13. The van der Waals surface area contributed by atoms with E-state index in [1.165, 1.54) is 0 Å². The molecule has 2 aromatic heterocycles. The third-order valence-corrected chi connectivity index (χ3v) is 7.54. The summed E-state index contributed by atoms with van der Waals surface area (Å²) in [5.41, 5.74) is -2.32. The average Bonchev–Trinajstić information content (AvgIpc) is 3.22. The summed E-state index contributed by atoms with van der Waals surface area (Å²) in [6.45, 7) is 2.50. The van der Waals surface area contributed by atoms with Crippen molar-refractivity contribution in [2.45, 2.75) is 56.3 Å². The molecule has 10 nitrogen and oxygen atoms in total.